The second kappa shape index (κ2) is 7.33. The summed E-state index contributed by atoms with van der Waals surface area (Å²) in [4.78, 5) is 19.5. The average molecular weight is 303 g/mol. The molecule has 0 aliphatic heterocycles. The van der Waals surface area contributed by atoms with Crippen LogP contribution in [-0.4, -0.2) is 35.4 Å². The molecular formula is C16H21N3OS. The molecule has 21 heavy (non-hydrogen) atoms. The van der Waals surface area contributed by atoms with E-state index in [-0.39, 0.29) is 5.91 Å². The monoisotopic (exact) mass is 303 g/mol. The minimum Gasteiger partial charge on any atom is -0.336 e. The average Bonchev–Trinajstić information content (AvgIpc) is 2.82. The van der Waals surface area contributed by atoms with Crippen LogP contribution in [-0.2, 0) is 6.42 Å². The molecule has 2 rings (SSSR count). The van der Waals surface area contributed by atoms with Crippen molar-refractivity contribution >= 4 is 17.2 Å². The van der Waals surface area contributed by atoms with Gasteiger partial charge in [-0.1, -0.05) is 30.3 Å². The summed E-state index contributed by atoms with van der Waals surface area (Å²) in [5, 5.41) is 0.923. The molecule has 1 heterocycles. The number of thiazole rings is 1. The van der Waals surface area contributed by atoms with E-state index in [2.05, 4.69) is 17.1 Å². The van der Waals surface area contributed by atoms with E-state index in [1.54, 1.807) is 0 Å². The summed E-state index contributed by atoms with van der Waals surface area (Å²) in [6.45, 7) is 5.52. The predicted molar refractivity (Wildman–Crippen MR) is 86.7 cm³/mol. The molecule has 0 unspecified atom stereocenters. The summed E-state index contributed by atoms with van der Waals surface area (Å²) >= 11 is 1.46. The van der Waals surface area contributed by atoms with Crippen LogP contribution in [0.4, 0.5) is 0 Å². The molecule has 0 spiro atoms. The van der Waals surface area contributed by atoms with Crippen LogP contribution in [0.3, 0.4) is 0 Å². The number of amides is 1. The predicted octanol–water partition coefficient (Wildman–Crippen LogP) is 2.40. The number of aromatic nitrogens is 1. The zero-order chi connectivity index (χ0) is 15.2. The molecule has 0 aliphatic carbocycles. The lowest BCUT2D eigenvalue weighted by Crippen LogP contribution is -2.36. The van der Waals surface area contributed by atoms with Crippen molar-refractivity contribution in [3.63, 3.8) is 0 Å². The number of nitrogens with zero attached hydrogens (tertiary/aromatic N) is 2. The van der Waals surface area contributed by atoms with Gasteiger partial charge in [0.25, 0.3) is 5.91 Å². The smallest absolute Gasteiger partial charge is 0.265 e. The van der Waals surface area contributed by atoms with Gasteiger partial charge >= 0.3 is 0 Å². The molecule has 0 bridgehead atoms. The Labute approximate surface area is 129 Å². The van der Waals surface area contributed by atoms with Crippen molar-refractivity contribution in [1.29, 1.82) is 0 Å². The highest BCUT2D eigenvalue weighted by Crippen LogP contribution is 2.19. The number of aryl methyl sites for hydroxylation is 2. The minimum absolute atomic E-state index is 0.0412. The largest absolute Gasteiger partial charge is 0.336 e. The van der Waals surface area contributed by atoms with Gasteiger partial charge in [0.15, 0.2) is 0 Å². The third kappa shape index (κ3) is 4.12. The molecule has 0 fully saturated rings. The Morgan fingerprint density at radius 3 is 2.52 bits per heavy atom. The topological polar surface area (TPSA) is 59.2 Å². The molecule has 1 aromatic heterocycles. The summed E-state index contributed by atoms with van der Waals surface area (Å²) in [6.07, 6.45) is 0.837. The van der Waals surface area contributed by atoms with Gasteiger partial charge < -0.3 is 10.6 Å². The normalized spacial score (nSPS) is 10.6. The molecule has 0 aliphatic rings. The first kappa shape index (κ1) is 15.7. The lowest BCUT2D eigenvalue weighted by Gasteiger charge is -2.21. The Bertz CT molecular complexity index is 595. The van der Waals surface area contributed by atoms with Gasteiger partial charge in [-0.2, -0.15) is 0 Å². The van der Waals surface area contributed by atoms with Crippen LogP contribution < -0.4 is 5.73 Å². The van der Waals surface area contributed by atoms with E-state index in [1.807, 2.05) is 36.9 Å². The van der Waals surface area contributed by atoms with Crippen molar-refractivity contribution < 1.29 is 4.79 Å². The van der Waals surface area contributed by atoms with Crippen molar-refractivity contribution in [1.82, 2.24) is 9.88 Å². The summed E-state index contributed by atoms with van der Waals surface area (Å²) in [7, 11) is 0. The van der Waals surface area contributed by atoms with Crippen LogP contribution >= 0.6 is 11.3 Å². The minimum atomic E-state index is 0.0412. The quantitative estimate of drug-likeness (QED) is 0.891. The summed E-state index contributed by atoms with van der Waals surface area (Å²) < 4.78 is 0. The molecule has 0 saturated heterocycles. The molecule has 1 amide bonds. The molecule has 112 valence electrons. The van der Waals surface area contributed by atoms with Gasteiger partial charge in [-0.15, -0.1) is 11.3 Å². The molecule has 5 heteroatoms. The van der Waals surface area contributed by atoms with Gasteiger partial charge in [0.1, 0.15) is 4.88 Å². The van der Waals surface area contributed by atoms with Crippen LogP contribution in [0.5, 0.6) is 0 Å². The van der Waals surface area contributed by atoms with Gasteiger partial charge in [0.05, 0.1) is 10.7 Å². The highest BCUT2D eigenvalue weighted by Gasteiger charge is 2.20. The van der Waals surface area contributed by atoms with Crippen LogP contribution in [0.1, 0.15) is 25.9 Å². The summed E-state index contributed by atoms with van der Waals surface area (Å²) in [5.41, 5.74) is 7.69. The zero-order valence-corrected chi connectivity index (χ0v) is 13.3. The number of benzene rings is 1. The number of hydrogen-bond acceptors (Lipinski definition) is 4. The Morgan fingerprint density at radius 1 is 1.24 bits per heavy atom. The SMILES string of the molecule is Cc1nc(C)c(C(=O)N(CCN)CCc2ccccc2)s1. The highest BCUT2D eigenvalue weighted by atomic mass is 32.1. The molecule has 4 nitrogen and oxygen atoms in total. The van der Waals surface area contributed by atoms with E-state index < -0.39 is 0 Å². The molecule has 1 aromatic carbocycles. The van der Waals surface area contributed by atoms with Crippen LogP contribution in [0.15, 0.2) is 30.3 Å². The van der Waals surface area contributed by atoms with E-state index in [1.165, 1.54) is 16.9 Å². The first-order valence-electron chi connectivity index (χ1n) is 7.09. The third-order valence-corrected chi connectivity index (χ3v) is 4.36. The fourth-order valence-electron chi connectivity index (χ4n) is 2.25. The highest BCUT2D eigenvalue weighted by molar-refractivity contribution is 7.13. The van der Waals surface area contributed by atoms with E-state index in [4.69, 9.17) is 5.73 Å². The Kier molecular flexibility index (Phi) is 5.47. The third-order valence-electron chi connectivity index (χ3n) is 3.30. The Balaban J connectivity index is 2.07. The van der Waals surface area contributed by atoms with Gasteiger partial charge in [0.2, 0.25) is 0 Å². The van der Waals surface area contributed by atoms with E-state index in [9.17, 15) is 4.79 Å². The van der Waals surface area contributed by atoms with Gasteiger partial charge in [-0.25, -0.2) is 4.98 Å². The van der Waals surface area contributed by atoms with E-state index in [0.29, 0.717) is 19.6 Å². The fourth-order valence-corrected chi connectivity index (χ4v) is 3.14. The van der Waals surface area contributed by atoms with Crippen molar-refractivity contribution in [3.8, 4) is 0 Å². The van der Waals surface area contributed by atoms with Gasteiger partial charge in [-0.3, -0.25) is 4.79 Å². The van der Waals surface area contributed by atoms with Crippen molar-refractivity contribution in [2.45, 2.75) is 20.3 Å². The maximum atomic E-state index is 12.6. The fraction of sp³-hybridized carbons (Fsp3) is 0.375. The Hall–Kier alpha value is -1.72. The summed E-state index contributed by atoms with van der Waals surface area (Å²) in [6, 6.07) is 10.2. The van der Waals surface area contributed by atoms with Crippen LogP contribution in [0.25, 0.3) is 0 Å². The zero-order valence-electron chi connectivity index (χ0n) is 12.5. The Morgan fingerprint density at radius 2 is 1.95 bits per heavy atom. The molecular weight excluding hydrogens is 282 g/mol. The van der Waals surface area contributed by atoms with Crippen LogP contribution in [0, 0.1) is 13.8 Å². The van der Waals surface area contributed by atoms with Gasteiger partial charge in [-0.05, 0) is 25.8 Å². The molecule has 0 saturated carbocycles. The van der Waals surface area contributed by atoms with Crippen molar-refractivity contribution in [2.24, 2.45) is 5.73 Å². The number of rotatable bonds is 6. The maximum absolute atomic E-state index is 12.6. The number of hydrogen-bond donors (Lipinski definition) is 1. The number of nitrogens with two attached hydrogens (primary N) is 1. The first-order valence-corrected chi connectivity index (χ1v) is 7.90. The summed E-state index contributed by atoms with van der Waals surface area (Å²) in [5.74, 6) is 0.0412. The molecule has 0 radical (unpaired) electrons. The second-order valence-corrected chi connectivity index (χ2v) is 6.17. The lowest BCUT2D eigenvalue weighted by molar-refractivity contribution is 0.0766. The maximum Gasteiger partial charge on any atom is 0.265 e. The van der Waals surface area contributed by atoms with Gasteiger partial charge in [0, 0.05) is 19.6 Å². The van der Waals surface area contributed by atoms with Crippen LogP contribution in [0.2, 0.25) is 0 Å². The van der Waals surface area contributed by atoms with E-state index in [0.717, 1.165) is 22.0 Å². The number of carbonyl (C=O) groups is 1. The number of carbonyl (C=O) groups excluding carboxylic acids is 1. The standard InChI is InChI=1S/C16H21N3OS/c1-12-15(21-13(2)18-12)16(20)19(11-9-17)10-8-14-6-4-3-5-7-14/h3-7H,8-11,17H2,1-2H3. The molecule has 0 atom stereocenters. The van der Waals surface area contributed by atoms with E-state index >= 15 is 0 Å². The van der Waals surface area contributed by atoms with Crippen molar-refractivity contribution in [2.75, 3.05) is 19.6 Å². The van der Waals surface area contributed by atoms with Crippen molar-refractivity contribution in [3.05, 3.63) is 51.5 Å². The molecule has 2 aromatic rings. The molecule has 2 N–H and O–H groups in total. The second-order valence-electron chi connectivity index (χ2n) is 4.96. The lowest BCUT2D eigenvalue weighted by atomic mass is 10.1. The first-order chi connectivity index (χ1) is 10.1.